The molecule has 0 spiro atoms. The smallest absolute Gasteiger partial charge is 0.344 e. The van der Waals surface area contributed by atoms with Crippen LogP contribution in [0.2, 0.25) is 0 Å². The molecule has 2 unspecified atom stereocenters. The lowest BCUT2D eigenvalue weighted by molar-refractivity contribution is -0.168. The molecular weight excluding hydrogens is 230 g/mol. The van der Waals surface area contributed by atoms with E-state index in [4.69, 9.17) is 4.74 Å². The second-order valence-electron chi connectivity index (χ2n) is 4.63. The van der Waals surface area contributed by atoms with Gasteiger partial charge in [-0.1, -0.05) is 36.8 Å². The van der Waals surface area contributed by atoms with Crippen molar-refractivity contribution >= 4 is 5.97 Å². The van der Waals surface area contributed by atoms with Gasteiger partial charge in [0.15, 0.2) is 0 Å². The van der Waals surface area contributed by atoms with Crippen molar-refractivity contribution in [3.63, 3.8) is 0 Å². The molecule has 1 aromatic carbocycles. The Kier molecular flexibility index (Phi) is 3.99. The minimum Gasteiger partial charge on any atom is -0.467 e. The van der Waals surface area contributed by atoms with Crippen LogP contribution in [0.25, 0.3) is 0 Å². The van der Waals surface area contributed by atoms with Crippen molar-refractivity contribution in [2.24, 2.45) is 0 Å². The van der Waals surface area contributed by atoms with Gasteiger partial charge in [-0.2, -0.15) is 0 Å². The van der Waals surface area contributed by atoms with Crippen LogP contribution >= 0.6 is 0 Å². The third kappa shape index (κ3) is 2.26. The van der Waals surface area contributed by atoms with Crippen molar-refractivity contribution in [1.82, 2.24) is 5.32 Å². The van der Waals surface area contributed by atoms with Gasteiger partial charge in [0.25, 0.3) is 0 Å². The Hall–Kier alpha value is -1.39. The maximum absolute atomic E-state index is 12.0. The summed E-state index contributed by atoms with van der Waals surface area (Å²) in [6.45, 7) is 0.816. The predicted molar refractivity (Wildman–Crippen MR) is 68.0 cm³/mol. The lowest BCUT2D eigenvalue weighted by Gasteiger charge is -2.37. The van der Waals surface area contributed by atoms with E-state index >= 15 is 0 Å². The Labute approximate surface area is 107 Å². The molecule has 2 N–H and O–H groups in total. The molecule has 1 aliphatic rings. The van der Waals surface area contributed by atoms with Crippen molar-refractivity contribution in [3.05, 3.63) is 35.9 Å². The fraction of sp³-hybridized carbons (Fsp3) is 0.500. The number of esters is 1. The van der Waals surface area contributed by atoms with Crippen LogP contribution < -0.4 is 5.32 Å². The lowest BCUT2D eigenvalue weighted by atomic mass is 9.82. The van der Waals surface area contributed by atoms with Gasteiger partial charge >= 0.3 is 5.97 Å². The normalized spacial score (nSPS) is 23.1. The first-order valence-corrected chi connectivity index (χ1v) is 6.29. The Morgan fingerprint density at radius 2 is 2.11 bits per heavy atom. The first-order chi connectivity index (χ1) is 8.69. The first kappa shape index (κ1) is 13.1. The number of methoxy groups -OCH3 is 1. The van der Waals surface area contributed by atoms with Crippen LogP contribution in [0.15, 0.2) is 30.3 Å². The van der Waals surface area contributed by atoms with E-state index in [2.05, 4.69) is 5.32 Å². The van der Waals surface area contributed by atoms with Crippen LogP contribution in [0.1, 0.15) is 24.8 Å². The third-order valence-electron chi connectivity index (χ3n) is 3.53. The zero-order valence-corrected chi connectivity index (χ0v) is 10.6. The lowest BCUT2D eigenvalue weighted by Crippen LogP contribution is -2.55. The van der Waals surface area contributed by atoms with Crippen LogP contribution in [-0.2, 0) is 15.1 Å². The Morgan fingerprint density at radius 3 is 2.67 bits per heavy atom. The summed E-state index contributed by atoms with van der Waals surface area (Å²) in [5.74, 6) is -0.604. The fourth-order valence-corrected chi connectivity index (χ4v) is 2.52. The average Bonchev–Trinajstić information content (AvgIpc) is 2.47. The van der Waals surface area contributed by atoms with E-state index in [0.29, 0.717) is 5.56 Å². The zero-order valence-electron chi connectivity index (χ0n) is 10.6. The monoisotopic (exact) mass is 249 g/mol. The van der Waals surface area contributed by atoms with Crippen LogP contribution in [0.3, 0.4) is 0 Å². The van der Waals surface area contributed by atoms with Gasteiger partial charge in [0.1, 0.15) is 0 Å². The molecule has 0 radical (unpaired) electrons. The predicted octanol–water partition coefficient (Wildman–Crippen LogP) is 1.19. The highest BCUT2D eigenvalue weighted by Crippen LogP contribution is 2.30. The second kappa shape index (κ2) is 5.50. The standard InChI is InChI=1S/C14H19NO3/c1-18-13(16)14(17,11-7-3-2-4-8-11)12-9-5-6-10-15-12/h2-4,7-8,12,15,17H,5-6,9-10H2,1H3. The Balaban J connectivity index is 2.36. The van der Waals surface area contributed by atoms with Crippen LogP contribution in [0.4, 0.5) is 0 Å². The highest BCUT2D eigenvalue weighted by molar-refractivity contribution is 5.82. The van der Waals surface area contributed by atoms with Crippen LogP contribution in [0.5, 0.6) is 0 Å². The summed E-state index contributed by atoms with van der Waals surface area (Å²) in [6, 6.07) is 8.70. The number of nitrogens with one attached hydrogen (secondary N) is 1. The van der Waals surface area contributed by atoms with Crippen molar-refractivity contribution in [2.75, 3.05) is 13.7 Å². The van der Waals surface area contributed by atoms with Gasteiger partial charge in [-0.15, -0.1) is 0 Å². The number of benzene rings is 1. The van der Waals surface area contributed by atoms with Gasteiger partial charge in [0.2, 0.25) is 5.60 Å². The third-order valence-corrected chi connectivity index (χ3v) is 3.53. The number of hydrogen-bond donors (Lipinski definition) is 2. The summed E-state index contributed by atoms with van der Waals surface area (Å²) >= 11 is 0. The van der Waals surface area contributed by atoms with Gasteiger partial charge < -0.3 is 15.2 Å². The number of carbonyl (C=O) groups excluding carboxylic acids is 1. The topological polar surface area (TPSA) is 58.6 Å². The quantitative estimate of drug-likeness (QED) is 0.790. The molecule has 0 bridgehead atoms. The Bertz CT molecular complexity index is 401. The van der Waals surface area contributed by atoms with Crippen molar-refractivity contribution in [2.45, 2.75) is 30.9 Å². The summed E-state index contributed by atoms with van der Waals surface area (Å²) in [5.41, 5.74) is -1.02. The van der Waals surface area contributed by atoms with E-state index in [1.807, 2.05) is 18.2 Å². The molecule has 0 amide bonds. The van der Waals surface area contributed by atoms with Gasteiger partial charge in [-0.05, 0) is 24.9 Å². The van der Waals surface area contributed by atoms with E-state index in [1.54, 1.807) is 12.1 Å². The largest absolute Gasteiger partial charge is 0.467 e. The van der Waals surface area contributed by atoms with E-state index in [-0.39, 0.29) is 6.04 Å². The summed E-state index contributed by atoms with van der Waals surface area (Å²) < 4.78 is 4.79. The van der Waals surface area contributed by atoms with Gasteiger partial charge in [-0.25, -0.2) is 4.79 Å². The van der Waals surface area contributed by atoms with E-state index in [9.17, 15) is 9.90 Å². The van der Waals surface area contributed by atoms with Crippen LogP contribution in [-0.4, -0.2) is 30.8 Å². The number of ether oxygens (including phenoxy) is 1. The van der Waals surface area contributed by atoms with Gasteiger partial charge in [-0.3, -0.25) is 0 Å². The molecule has 1 fully saturated rings. The molecule has 1 aliphatic heterocycles. The van der Waals surface area contributed by atoms with E-state index < -0.39 is 11.6 Å². The molecule has 18 heavy (non-hydrogen) atoms. The average molecular weight is 249 g/mol. The molecule has 0 aliphatic carbocycles. The first-order valence-electron chi connectivity index (χ1n) is 6.29. The molecule has 1 saturated heterocycles. The number of aliphatic hydroxyl groups is 1. The summed E-state index contributed by atoms with van der Waals surface area (Å²) in [7, 11) is 1.30. The molecule has 1 aromatic rings. The zero-order chi connectivity index (χ0) is 13.0. The second-order valence-corrected chi connectivity index (χ2v) is 4.63. The Morgan fingerprint density at radius 1 is 1.39 bits per heavy atom. The molecule has 0 saturated carbocycles. The van der Waals surface area contributed by atoms with Gasteiger partial charge in [0.05, 0.1) is 13.2 Å². The maximum atomic E-state index is 12.0. The summed E-state index contributed by atoms with van der Waals surface area (Å²) in [5, 5.41) is 14.1. The molecule has 4 nitrogen and oxygen atoms in total. The number of rotatable bonds is 3. The van der Waals surface area contributed by atoms with Crippen molar-refractivity contribution in [3.8, 4) is 0 Å². The molecule has 98 valence electrons. The number of piperidine rings is 1. The van der Waals surface area contributed by atoms with Crippen LogP contribution in [0, 0.1) is 0 Å². The molecule has 2 atom stereocenters. The molecular formula is C14H19NO3. The van der Waals surface area contributed by atoms with Crippen molar-refractivity contribution < 1.29 is 14.6 Å². The van der Waals surface area contributed by atoms with Crippen molar-refractivity contribution in [1.29, 1.82) is 0 Å². The molecule has 4 heteroatoms. The molecule has 1 heterocycles. The fourth-order valence-electron chi connectivity index (χ4n) is 2.52. The SMILES string of the molecule is COC(=O)C(O)(c1ccccc1)C1CCCCN1. The minimum atomic E-state index is -1.60. The summed E-state index contributed by atoms with van der Waals surface area (Å²) in [4.78, 5) is 12.0. The molecule has 2 rings (SSSR count). The number of carbonyl (C=O) groups is 1. The van der Waals surface area contributed by atoms with E-state index in [0.717, 1.165) is 25.8 Å². The highest BCUT2D eigenvalue weighted by Gasteiger charge is 2.46. The van der Waals surface area contributed by atoms with E-state index in [1.165, 1.54) is 7.11 Å². The number of hydrogen-bond acceptors (Lipinski definition) is 4. The maximum Gasteiger partial charge on any atom is 0.344 e. The molecule has 0 aromatic heterocycles. The highest BCUT2D eigenvalue weighted by atomic mass is 16.5. The minimum absolute atomic E-state index is 0.291. The summed E-state index contributed by atoms with van der Waals surface area (Å²) in [6.07, 6.45) is 2.84. The van der Waals surface area contributed by atoms with Gasteiger partial charge in [0, 0.05) is 0 Å².